The predicted octanol–water partition coefficient (Wildman–Crippen LogP) is 2.11. The van der Waals surface area contributed by atoms with Crippen LogP contribution in [0.2, 0.25) is 0 Å². The van der Waals surface area contributed by atoms with Gasteiger partial charge in [0.05, 0.1) is 5.75 Å². The normalized spacial score (nSPS) is 27.0. The number of likely N-dealkylation sites (tertiary alicyclic amines) is 1. The molecule has 1 amide bonds. The molecule has 2 fully saturated rings. The number of carbonyl (C=O) groups is 1. The molecule has 1 heterocycles. The lowest BCUT2D eigenvalue weighted by Gasteiger charge is -2.37. The molecule has 1 aromatic carbocycles. The molecule has 24 heavy (non-hydrogen) atoms. The summed E-state index contributed by atoms with van der Waals surface area (Å²) in [5.41, 5.74) is 1.36. The van der Waals surface area contributed by atoms with Crippen molar-refractivity contribution in [3.63, 3.8) is 0 Å². The molecule has 0 spiro atoms. The van der Waals surface area contributed by atoms with Gasteiger partial charge in [-0.15, -0.1) is 0 Å². The molecule has 1 saturated heterocycles. The molecule has 0 unspecified atom stereocenters. The van der Waals surface area contributed by atoms with Gasteiger partial charge in [-0.1, -0.05) is 30.3 Å². The summed E-state index contributed by atoms with van der Waals surface area (Å²) in [7, 11) is -1.85. The molecule has 6 heteroatoms. The number of rotatable bonds is 6. The number of nitrogens with one attached hydrogen (secondary N) is 1. The summed E-state index contributed by atoms with van der Waals surface area (Å²) in [6.45, 7) is 0.692. The predicted molar refractivity (Wildman–Crippen MR) is 94.1 cm³/mol. The Bertz CT molecular complexity index is 669. The van der Waals surface area contributed by atoms with E-state index in [2.05, 4.69) is 29.0 Å². The first kappa shape index (κ1) is 17.4. The van der Waals surface area contributed by atoms with Gasteiger partial charge in [-0.2, -0.15) is 0 Å². The van der Waals surface area contributed by atoms with Crippen molar-refractivity contribution in [1.82, 2.24) is 9.62 Å². The second-order valence-electron chi connectivity index (χ2n) is 7.02. The third-order valence-corrected chi connectivity index (χ3v) is 6.84. The Balaban J connectivity index is 1.50. The molecule has 132 valence electrons. The van der Waals surface area contributed by atoms with E-state index >= 15 is 0 Å². The first-order valence-electron chi connectivity index (χ1n) is 8.74. The van der Waals surface area contributed by atoms with E-state index in [4.69, 9.17) is 0 Å². The van der Waals surface area contributed by atoms with Gasteiger partial charge in [-0.3, -0.25) is 4.79 Å². The summed E-state index contributed by atoms with van der Waals surface area (Å²) in [5.74, 6) is 1.15. The molecule has 3 rings (SSSR count). The van der Waals surface area contributed by atoms with Crippen molar-refractivity contribution in [3.8, 4) is 0 Å². The number of hydrogen-bond acceptors (Lipinski definition) is 3. The Hall–Kier alpha value is -1.40. The lowest BCUT2D eigenvalue weighted by molar-refractivity contribution is -0.133. The summed E-state index contributed by atoms with van der Waals surface area (Å²) >= 11 is 0. The number of sulfonamides is 1. The minimum absolute atomic E-state index is 0.0204. The zero-order valence-corrected chi connectivity index (χ0v) is 15.0. The highest BCUT2D eigenvalue weighted by molar-refractivity contribution is 7.89. The van der Waals surface area contributed by atoms with Crippen LogP contribution >= 0.6 is 0 Å². The first-order chi connectivity index (χ1) is 11.5. The van der Waals surface area contributed by atoms with E-state index < -0.39 is 10.0 Å². The van der Waals surface area contributed by atoms with Crippen LogP contribution in [0, 0.1) is 5.92 Å². The first-order valence-corrected chi connectivity index (χ1v) is 10.4. The molecule has 1 saturated carbocycles. The van der Waals surface area contributed by atoms with Crippen LogP contribution in [-0.2, 0) is 14.8 Å². The maximum atomic E-state index is 12.6. The fourth-order valence-corrected chi connectivity index (χ4v) is 4.96. The number of amides is 1. The van der Waals surface area contributed by atoms with Crippen molar-refractivity contribution in [2.24, 2.45) is 5.92 Å². The van der Waals surface area contributed by atoms with Gasteiger partial charge in [0.2, 0.25) is 15.9 Å². The minimum Gasteiger partial charge on any atom is -0.339 e. The molecular weight excluding hydrogens is 324 g/mol. The van der Waals surface area contributed by atoms with Crippen LogP contribution in [0.4, 0.5) is 0 Å². The average Bonchev–Trinajstić information content (AvgIpc) is 2.98. The van der Waals surface area contributed by atoms with Crippen LogP contribution in [0.15, 0.2) is 30.3 Å². The van der Waals surface area contributed by atoms with Crippen molar-refractivity contribution < 1.29 is 13.2 Å². The summed E-state index contributed by atoms with van der Waals surface area (Å²) < 4.78 is 25.9. The van der Waals surface area contributed by atoms with E-state index in [9.17, 15) is 13.2 Å². The van der Waals surface area contributed by atoms with E-state index in [1.165, 1.54) is 12.6 Å². The zero-order chi connectivity index (χ0) is 17.2. The zero-order valence-electron chi connectivity index (χ0n) is 14.1. The van der Waals surface area contributed by atoms with Crippen LogP contribution < -0.4 is 4.72 Å². The number of nitrogens with zero attached hydrogens (tertiary/aromatic N) is 1. The molecule has 0 bridgehead atoms. The highest BCUT2D eigenvalue weighted by Gasteiger charge is 2.36. The van der Waals surface area contributed by atoms with Crippen LogP contribution in [-0.4, -0.2) is 44.6 Å². The SMILES string of the molecule is CNS(=O)(=O)C[C@H]1CCCN1C(=O)CC1CC(c2ccccc2)C1. The lowest BCUT2D eigenvalue weighted by Crippen LogP contribution is -2.43. The molecular formula is C18H26N2O3S. The second kappa shape index (κ2) is 7.23. The summed E-state index contributed by atoms with van der Waals surface area (Å²) in [6.07, 6.45) is 4.35. The maximum Gasteiger partial charge on any atom is 0.223 e. The molecule has 1 aromatic rings. The fraction of sp³-hybridized carbons (Fsp3) is 0.611. The molecule has 1 aliphatic carbocycles. The Kier molecular flexibility index (Phi) is 5.25. The van der Waals surface area contributed by atoms with Crippen molar-refractivity contribution in [1.29, 1.82) is 0 Å². The van der Waals surface area contributed by atoms with Crippen molar-refractivity contribution in [2.45, 2.75) is 44.1 Å². The van der Waals surface area contributed by atoms with E-state index in [1.807, 2.05) is 6.07 Å². The van der Waals surface area contributed by atoms with E-state index in [-0.39, 0.29) is 17.7 Å². The highest BCUT2D eigenvalue weighted by Crippen LogP contribution is 2.43. The van der Waals surface area contributed by atoms with Crippen molar-refractivity contribution >= 4 is 15.9 Å². The Morgan fingerprint density at radius 3 is 2.62 bits per heavy atom. The standard InChI is InChI=1S/C18H26N2O3S/c1-19-24(22,23)13-17-8-5-9-20(17)18(21)12-14-10-16(11-14)15-6-3-2-4-7-15/h2-4,6-7,14,16-17,19H,5,8-13H2,1H3/t14?,16?,17-/m1/s1. The van der Waals surface area contributed by atoms with E-state index in [1.54, 1.807) is 4.90 Å². The van der Waals surface area contributed by atoms with Crippen LogP contribution in [0.5, 0.6) is 0 Å². The third kappa shape index (κ3) is 3.98. The van der Waals surface area contributed by atoms with Gasteiger partial charge in [-0.25, -0.2) is 13.1 Å². The Morgan fingerprint density at radius 1 is 1.25 bits per heavy atom. The van der Waals surface area contributed by atoms with Crippen LogP contribution in [0.3, 0.4) is 0 Å². The molecule has 2 aliphatic rings. The Labute approximate surface area is 144 Å². The summed E-state index contributed by atoms with van der Waals surface area (Å²) in [4.78, 5) is 14.4. The largest absolute Gasteiger partial charge is 0.339 e. The number of hydrogen-bond donors (Lipinski definition) is 1. The maximum absolute atomic E-state index is 12.6. The average molecular weight is 350 g/mol. The smallest absolute Gasteiger partial charge is 0.223 e. The van der Waals surface area contributed by atoms with Gasteiger partial charge >= 0.3 is 0 Å². The van der Waals surface area contributed by atoms with Gasteiger partial charge in [0.15, 0.2) is 0 Å². The molecule has 1 aliphatic heterocycles. The summed E-state index contributed by atoms with van der Waals surface area (Å²) in [6, 6.07) is 10.3. The topological polar surface area (TPSA) is 66.5 Å². The quantitative estimate of drug-likeness (QED) is 0.854. The molecule has 0 aromatic heterocycles. The number of carbonyl (C=O) groups excluding carboxylic acids is 1. The van der Waals surface area contributed by atoms with Gasteiger partial charge < -0.3 is 4.90 Å². The van der Waals surface area contributed by atoms with Crippen molar-refractivity contribution in [2.75, 3.05) is 19.3 Å². The molecule has 1 N–H and O–H groups in total. The third-order valence-electron chi connectivity index (χ3n) is 5.39. The number of benzene rings is 1. The van der Waals surface area contributed by atoms with Gasteiger partial charge in [0, 0.05) is 19.0 Å². The van der Waals surface area contributed by atoms with Crippen molar-refractivity contribution in [3.05, 3.63) is 35.9 Å². The van der Waals surface area contributed by atoms with Gasteiger partial charge in [0.1, 0.15) is 0 Å². The lowest BCUT2D eigenvalue weighted by atomic mass is 9.70. The second-order valence-corrected chi connectivity index (χ2v) is 8.99. The van der Waals surface area contributed by atoms with Gasteiger partial charge in [0.25, 0.3) is 0 Å². The van der Waals surface area contributed by atoms with Crippen LogP contribution in [0.25, 0.3) is 0 Å². The minimum atomic E-state index is -3.28. The summed E-state index contributed by atoms with van der Waals surface area (Å²) in [5, 5.41) is 0. The van der Waals surface area contributed by atoms with E-state index in [0.717, 1.165) is 25.7 Å². The van der Waals surface area contributed by atoms with E-state index in [0.29, 0.717) is 24.8 Å². The van der Waals surface area contributed by atoms with Gasteiger partial charge in [-0.05, 0) is 50.1 Å². The molecule has 5 nitrogen and oxygen atoms in total. The molecule has 0 radical (unpaired) electrons. The Morgan fingerprint density at radius 2 is 1.96 bits per heavy atom. The highest BCUT2D eigenvalue weighted by atomic mass is 32.2. The fourth-order valence-electron chi connectivity index (χ4n) is 3.94. The molecule has 1 atom stereocenters. The monoisotopic (exact) mass is 350 g/mol. The van der Waals surface area contributed by atoms with Crippen LogP contribution in [0.1, 0.15) is 43.6 Å².